The largest absolute Gasteiger partial charge is 0.465 e. The van der Waals surface area contributed by atoms with E-state index in [1.165, 1.54) is 0 Å². The second-order valence-electron chi connectivity index (χ2n) is 3.36. The van der Waals surface area contributed by atoms with Crippen LogP contribution in [0.5, 0.6) is 0 Å². The Balaban J connectivity index is 2.05. The van der Waals surface area contributed by atoms with Crippen molar-refractivity contribution in [3.05, 3.63) is 36.0 Å². The second-order valence-corrected chi connectivity index (χ2v) is 3.36. The number of carbonyl (C=O) groups is 1. The molecular weight excluding hydrogens is 192 g/mol. The predicted octanol–water partition coefficient (Wildman–Crippen LogP) is 1.98. The van der Waals surface area contributed by atoms with Crippen molar-refractivity contribution in [3.8, 4) is 0 Å². The van der Waals surface area contributed by atoms with E-state index in [0.717, 1.165) is 16.6 Å². The summed E-state index contributed by atoms with van der Waals surface area (Å²) in [6, 6.07) is 10.0. The van der Waals surface area contributed by atoms with Gasteiger partial charge in [-0.3, -0.25) is 0 Å². The number of rotatable bonds is 3. The summed E-state index contributed by atoms with van der Waals surface area (Å²) in [7, 11) is 0. The molecule has 1 aromatic carbocycles. The van der Waals surface area contributed by atoms with Gasteiger partial charge in [-0.05, 0) is 17.5 Å². The van der Waals surface area contributed by atoms with E-state index >= 15 is 0 Å². The number of H-pyrrole nitrogens is 1. The molecule has 0 bridgehead atoms. The fourth-order valence-electron chi connectivity index (χ4n) is 1.57. The lowest BCUT2D eigenvalue weighted by molar-refractivity contribution is 0.194. The zero-order valence-electron chi connectivity index (χ0n) is 8.16. The minimum absolute atomic E-state index is 0.433. The lowest BCUT2D eigenvalue weighted by atomic mass is 10.2. The Morgan fingerprint density at radius 3 is 2.93 bits per heavy atom. The van der Waals surface area contributed by atoms with Gasteiger partial charge in [0.2, 0.25) is 0 Å². The van der Waals surface area contributed by atoms with E-state index < -0.39 is 6.09 Å². The number of aromatic nitrogens is 1. The molecular formula is C11H12N2O2. The fourth-order valence-corrected chi connectivity index (χ4v) is 1.57. The van der Waals surface area contributed by atoms with Gasteiger partial charge in [-0.25, -0.2) is 4.79 Å². The molecule has 15 heavy (non-hydrogen) atoms. The molecule has 0 saturated carbocycles. The van der Waals surface area contributed by atoms with E-state index in [1.807, 2.05) is 30.3 Å². The van der Waals surface area contributed by atoms with E-state index in [0.29, 0.717) is 13.0 Å². The molecule has 3 N–H and O–H groups in total. The molecule has 0 unspecified atom stereocenters. The summed E-state index contributed by atoms with van der Waals surface area (Å²) < 4.78 is 0. The Morgan fingerprint density at radius 2 is 2.20 bits per heavy atom. The molecule has 78 valence electrons. The van der Waals surface area contributed by atoms with Gasteiger partial charge in [-0.1, -0.05) is 18.2 Å². The fraction of sp³-hybridized carbons (Fsp3) is 0.182. The van der Waals surface area contributed by atoms with Crippen molar-refractivity contribution < 1.29 is 9.90 Å². The minimum Gasteiger partial charge on any atom is -0.465 e. The van der Waals surface area contributed by atoms with Crippen molar-refractivity contribution in [1.82, 2.24) is 10.3 Å². The molecule has 1 aromatic heterocycles. The summed E-state index contributed by atoms with van der Waals surface area (Å²) in [6.07, 6.45) is -0.299. The van der Waals surface area contributed by atoms with Gasteiger partial charge in [0, 0.05) is 24.2 Å². The Kier molecular flexibility index (Phi) is 2.58. The van der Waals surface area contributed by atoms with E-state index in [9.17, 15) is 4.79 Å². The topological polar surface area (TPSA) is 65.1 Å². The first-order valence-corrected chi connectivity index (χ1v) is 4.79. The molecule has 2 aromatic rings. The number of benzene rings is 1. The first-order chi connectivity index (χ1) is 7.25. The Morgan fingerprint density at radius 1 is 1.40 bits per heavy atom. The predicted molar refractivity (Wildman–Crippen MR) is 58.0 cm³/mol. The van der Waals surface area contributed by atoms with Crippen molar-refractivity contribution in [1.29, 1.82) is 0 Å². The molecule has 0 radical (unpaired) electrons. The summed E-state index contributed by atoms with van der Waals surface area (Å²) >= 11 is 0. The highest BCUT2D eigenvalue weighted by molar-refractivity contribution is 5.80. The molecule has 0 aliphatic carbocycles. The smallest absolute Gasteiger partial charge is 0.404 e. The quantitative estimate of drug-likeness (QED) is 0.715. The van der Waals surface area contributed by atoms with Crippen molar-refractivity contribution in [3.63, 3.8) is 0 Å². The third-order valence-electron chi connectivity index (χ3n) is 2.26. The van der Waals surface area contributed by atoms with Gasteiger partial charge in [-0.2, -0.15) is 0 Å². The second kappa shape index (κ2) is 4.04. The number of amides is 1. The SMILES string of the molecule is O=C(O)NCCc1cc2ccccc2[nH]1. The zero-order valence-corrected chi connectivity index (χ0v) is 8.16. The summed E-state index contributed by atoms with van der Waals surface area (Å²) in [5.74, 6) is 0. The number of nitrogens with one attached hydrogen (secondary N) is 2. The van der Waals surface area contributed by atoms with Crippen molar-refractivity contribution >= 4 is 17.0 Å². The Bertz CT molecular complexity index is 443. The lowest BCUT2D eigenvalue weighted by Crippen LogP contribution is -2.23. The van der Waals surface area contributed by atoms with Gasteiger partial charge < -0.3 is 15.4 Å². The lowest BCUT2D eigenvalue weighted by Gasteiger charge is -1.97. The van der Waals surface area contributed by atoms with Crippen molar-refractivity contribution in [2.24, 2.45) is 0 Å². The Hall–Kier alpha value is -1.97. The molecule has 0 spiro atoms. The van der Waals surface area contributed by atoms with Crippen LogP contribution in [0.3, 0.4) is 0 Å². The maximum Gasteiger partial charge on any atom is 0.404 e. The normalized spacial score (nSPS) is 10.4. The standard InChI is InChI=1S/C11H12N2O2/c14-11(15)12-6-5-9-7-8-3-1-2-4-10(8)13-9/h1-4,7,12-13H,5-6H2,(H,14,15). The highest BCUT2D eigenvalue weighted by Gasteiger charge is 2.00. The van der Waals surface area contributed by atoms with E-state index in [2.05, 4.69) is 10.3 Å². The van der Waals surface area contributed by atoms with Crippen LogP contribution in [-0.2, 0) is 6.42 Å². The minimum atomic E-state index is -0.980. The molecule has 4 nitrogen and oxygen atoms in total. The van der Waals surface area contributed by atoms with Crippen LogP contribution >= 0.6 is 0 Å². The van der Waals surface area contributed by atoms with Gasteiger partial charge >= 0.3 is 6.09 Å². The third-order valence-corrected chi connectivity index (χ3v) is 2.26. The first-order valence-electron chi connectivity index (χ1n) is 4.79. The molecule has 2 rings (SSSR count). The average molecular weight is 204 g/mol. The van der Waals surface area contributed by atoms with Crippen LogP contribution in [0.25, 0.3) is 10.9 Å². The highest BCUT2D eigenvalue weighted by Crippen LogP contribution is 2.14. The van der Waals surface area contributed by atoms with Crippen LogP contribution in [0.2, 0.25) is 0 Å². The van der Waals surface area contributed by atoms with Crippen molar-refractivity contribution in [2.75, 3.05) is 6.54 Å². The van der Waals surface area contributed by atoms with Crippen LogP contribution in [0, 0.1) is 0 Å². The van der Waals surface area contributed by atoms with E-state index in [-0.39, 0.29) is 0 Å². The molecule has 0 atom stereocenters. The molecule has 1 amide bonds. The van der Waals surface area contributed by atoms with E-state index in [1.54, 1.807) is 0 Å². The zero-order chi connectivity index (χ0) is 10.7. The van der Waals surface area contributed by atoms with Gasteiger partial charge in [0.05, 0.1) is 0 Å². The summed E-state index contributed by atoms with van der Waals surface area (Å²) in [6.45, 7) is 0.433. The van der Waals surface area contributed by atoms with Crippen LogP contribution in [0.1, 0.15) is 5.69 Å². The molecule has 0 fully saturated rings. The third kappa shape index (κ3) is 2.28. The van der Waals surface area contributed by atoms with Gasteiger partial charge in [0.25, 0.3) is 0 Å². The first kappa shape index (κ1) is 9.58. The van der Waals surface area contributed by atoms with Gasteiger partial charge in [-0.15, -0.1) is 0 Å². The summed E-state index contributed by atoms with van der Waals surface area (Å²) in [5, 5.41) is 11.9. The van der Waals surface area contributed by atoms with Crippen LogP contribution in [0.15, 0.2) is 30.3 Å². The van der Waals surface area contributed by atoms with Crippen LogP contribution in [0.4, 0.5) is 4.79 Å². The van der Waals surface area contributed by atoms with Crippen molar-refractivity contribution in [2.45, 2.75) is 6.42 Å². The maximum atomic E-state index is 10.2. The summed E-state index contributed by atoms with van der Waals surface area (Å²) in [5.41, 5.74) is 2.13. The number of hydrogen-bond acceptors (Lipinski definition) is 1. The molecule has 1 heterocycles. The number of fused-ring (bicyclic) bond motifs is 1. The maximum absolute atomic E-state index is 10.2. The van der Waals surface area contributed by atoms with Crippen LogP contribution in [-0.4, -0.2) is 22.7 Å². The van der Waals surface area contributed by atoms with Gasteiger partial charge in [0.15, 0.2) is 0 Å². The monoisotopic (exact) mass is 204 g/mol. The molecule has 0 saturated heterocycles. The Labute approximate surface area is 86.9 Å². The number of hydrogen-bond donors (Lipinski definition) is 3. The average Bonchev–Trinajstić information content (AvgIpc) is 2.59. The number of aromatic amines is 1. The van der Waals surface area contributed by atoms with Crippen LogP contribution < -0.4 is 5.32 Å². The highest BCUT2D eigenvalue weighted by atomic mass is 16.4. The molecule has 0 aliphatic heterocycles. The van der Waals surface area contributed by atoms with Gasteiger partial charge in [0.1, 0.15) is 0 Å². The molecule has 0 aliphatic rings. The molecule has 4 heteroatoms. The van der Waals surface area contributed by atoms with E-state index in [4.69, 9.17) is 5.11 Å². The number of para-hydroxylation sites is 1. The summed E-state index contributed by atoms with van der Waals surface area (Å²) in [4.78, 5) is 13.5. The number of carboxylic acid groups (broad SMARTS) is 1.